The largest absolute Gasteiger partial charge is 0.454 e. The predicted molar refractivity (Wildman–Crippen MR) is 174 cm³/mol. The van der Waals surface area contributed by atoms with Crippen LogP contribution >= 0.6 is 7.92 Å². The molecule has 4 aromatic carbocycles. The standard InChI is InChI=1S/C35H40NO3PS/c1-33(2,3)35(26-17-11-8-12-18-26,36(7)41(37)34(4,5)6)29-23-30-31(39-25-38-30)24-32(29)40(27-19-13-9-14-20-27)28-21-15-10-16-22-28/h8-24H,25H2,1-7H3. The van der Waals surface area contributed by atoms with Gasteiger partial charge in [0.2, 0.25) is 6.79 Å². The van der Waals surface area contributed by atoms with Crippen molar-refractivity contribution in [2.24, 2.45) is 5.41 Å². The van der Waals surface area contributed by atoms with E-state index in [0.29, 0.717) is 0 Å². The van der Waals surface area contributed by atoms with E-state index in [-0.39, 0.29) is 12.2 Å². The van der Waals surface area contributed by atoms with E-state index < -0.39 is 29.2 Å². The summed E-state index contributed by atoms with van der Waals surface area (Å²) in [6, 6.07) is 36.3. The van der Waals surface area contributed by atoms with Gasteiger partial charge in [0.25, 0.3) is 0 Å². The van der Waals surface area contributed by atoms with Crippen LogP contribution in [0.2, 0.25) is 0 Å². The Morgan fingerprint density at radius 1 is 0.707 bits per heavy atom. The first-order chi connectivity index (χ1) is 19.5. The monoisotopic (exact) mass is 585 g/mol. The van der Waals surface area contributed by atoms with Crippen LogP contribution in [0.25, 0.3) is 0 Å². The van der Waals surface area contributed by atoms with Crippen molar-refractivity contribution in [1.29, 1.82) is 0 Å². The molecule has 5 rings (SSSR count). The van der Waals surface area contributed by atoms with Gasteiger partial charge in [0.1, 0.15) is 11.0 Å². The second-order valence-corrected chi connectivity index (χ2v) is 16.9. The van der Waals surface area contributed by atoms with Crippen molar-refractivity contribution >= 4 is 34.8 Å². The van der Waals surface area contributed by atoms with Crippen LogP contribution in [0.5, 0.6) is 11.5 Å². The summed E-state index contributed by atoms with van der Waals surface area (Å²) < 4.78 is 28.1. The molecule has 0 bridgehead atoms. The lowest BCUT2D eigenvalue weighted by Gasteiger charge is -2.53. The summed E-state index contributed by atoms with van der Waals surface area (Å²) in [6.45, 7) is 13.1. The number of fused-ring (bicyclic) bond motifs is 1. The van der Waals surface area contributed by atoms with Crippen molar-refractivity contribution in [3.05, 3.63) is 114 Å². The molecule has 1 aliphatic rings. The summed E-state index contributed by atoms with van der Waals surface area (Å²) in [7, 11) is -0.333. The highest BCUT2D eigenvalue weighted by Gasteiger charge is 2.53. The van der Waals surface area contributed by atoms with Crippen LogP contribution < -0.4 is 25.4 Å². The van der Waals surface area contributed by atoms with E-state index in [1.54, 1.807) is 0 Å². The maximum absolute atomic E-state index is 14.4. The van der Waals surface area contributed by atoms with Crippen LogP contribution in [0.4, 0.5) is 0 Å². The van der Waals surface area contributed by atoms with Gasteiger partial charge in [0.05, 0.1) is 10.3 Å². The van der Waals surface area contributed by atoms with Crippen LogP contribution in [0.3, 0.4) is 0 Å². The average Bonchev–Trinajstić information content (AvgIpc) is 3.41. The lowest BCUT2D eigenvalue weighted by molar-refractivity contribution is 0.114. The zero-order valence-corrected chi connectivity index (χ0v) is 26.8. The molecule has 0 spiro atoms. The second-order valence-electron chi connectivity index (χ2n) is 12.4. The van der Waals surface area contributed by atoms with Gasteiger partial charge in [-0.15, -0.1) is 0 Å². The highest BCUT2D eigenvalue weighted by molar-refractivity contribution is 7.84. The van der Waals surface area contributed by atoms with Gasteiger partial charge in [-0.2, -0.15) is 0 Å². The van der Waals surface area contributed by atoms with Crippen LogP contribution in [0.1, 0.15) is 52.7 Å². The molecule has 0 radical (unpaired) electrons. The molecule has 2 unspecified atom stereocenters. The van der Waals surface area contributed by atoms with Crippen molar-refractivity contribution in [3.8, 4) is 11.5 Å². The molecule has 0 fully saturated rings. The molecule has 0 amide bonds. The maximum atomic E-state index is 14.4. The Hall–Kier alpha value is -2.98. The average molecular weight is 586 g/mol. The zero-order chi connectivity index (χ0) is 29.4. The third-order valence-electron chi connectivity index (χ3n) is 7.67. The maximum Gasteiger partial charge on any atom is 0.231 e. The van der Waals surface area contributed by atoms with Gasteiger partial charge in [-0.25, -0.2) is 8.51 Å². The van der Waals surface area contributed by atoms with Crippen molar-refractivity contribution < 1.29 is 13.7 Å². The summed E-state index contributed by atoms with van der Waals surface area (Å²) >= 11 is 0. The molecule has 4 nitrogen and oxygen atoms in total. The second kappa shape index (κ2) is 11.4. The quantitative estimate of drug-likeness (QED) is 0.223. The van der Waals surface area contributed by atoms with Crippen molar-refractivity contribution in [2.75, 3.05) is 13.8 Å². The highest BCUT2D eigenvalue weighted by Crippen LogP contribution is 2.54. The van der Waals surface area contributed by atoms with Crippen molar-refractivity contribution in [1.82, 2.24) is 4.31 Å². The third-order valence-corrected chi connectivity index (χ3v) is 12.0. The molecule has 1 aliphatic heterocycles. The molecule has 0 saturated heterocycles. The molecular weight excluding hydrogens is 545 g/mol. The van der Waals surface area contributed by atoms with E-state index in [9.17, 15) is 4.21 Å². The third kappa shape index (κ3) is 5.36. The topological polar surface area (TPSA) is 38.8 Å². The predicted octanol–water partition coefficient (Wildman–Crippen LogP) is 6.86. The normalized spacial score (nSPS) is 15.6. The van der Waals surface area contributed by atoms with E-state index in [0.717, 1.165) is 27.9 Å². The molecule has 0 aliphatic carbocycles. The Kier molecular flexibility index (Phi) is 8.18. The number of rotatable bonds is 7. The highest BCUT2D eigenvalue weighted by atomic mass is 32.2. The number of benzene rings is 4. The van der Waals surface area contributed by atoms with Gasteiger partial charge in [0, 0.05) is 7.05 Å². The van der Waals surface area contributed by atoms with Gasteiger partial charge in [-0.1, -0.05) is 112 Å². The molecule has 214 valence electrons. The Morgan fingerprint density at radius 3 is 1.63 bits per heavy atom. The lowest BCUT2D eigenvalue weighted by Crippen LogP contribution is -2.58. The van der Waals surface area contributed by atoms with Crippen LogP contribution in [0.15, 0.2) is 103 Å². The molecule has 4 aromatic rings. The van der Waals surface area contributed by atoms with E-state index in [2.05, 4.69) is 122 Å². The van der Waals surface area contributed by atoms with E-state index in [1.807, 2.05) is 33.9 Å². The molecule has 0 saturated carbocycles. The molecule has 0 N–H and O–H groups in total. The Labute approximate surface area is 249 Å². The zero-order valence-electron chi connectivity index (χ0n) is 25.0. The fourth-order valence-electron chi connectivity index (χ4n) is 6.02. The van der Waals surface area contributed by atoms with Crippen molar-refractivity contribution in [2.45, 2.75) is 51.8 Å². The Balaban J connectivity index is 1.94. The number of hydrogen-bond donors (Lipinski definition) is 0. The number of ether oxygens (including phenoxy) is 2. The van der Waals surface area contributed by atoms with Gasteiger partial charge in [0.15, 0.2) is 11.5 Å². The first kappa shape index (κ1) is 29.5. The van der Waals surface area contributed by atoms with E-state index in [1.165, 1.54) is 10.6 Å². The SMILES string of the molecule is CN(S(=O)C(C)(C)C)C(c1ccccc1)(c1cc2c(cc1P(c1ccccc1)c1ccccc1)OCO2)C(C)(C)C. The number of nitrogens with zero attached hydrogens (tertiary/aromatic N) is 1. The molecule has 41 heavy (non-hydrogen) atoms. The van der Waals surface area contributed by atoms with Crippen molar-refractivity contribution in [3.63, 3.8) is 0 Å². The summed E-state index contributed by atoms with van der Waals surface area (Å²) in [5.41, 5.74) is 0.997. The minimum absolute atomic E-state index is 0.185. The molecule has 2 atom stereocenters. The Morgan fingerprint density at radius 2 is 1.17 bits per heavy atom. The first-order valence-corrected chi connectivity index (χ1v) is 16.5. The fraction of sp³-hybridized carbons (Fsp3) is 0.314. The van der Waals surface area contributed by atoms with Gasteiger partial charge in [-0.05, 0) is 73.3 Å². The van der Waals surface area contributed by atoms with Gasteiger partial charge < -0.3 is 9.47 Å². The Bertz CT molecular complexity index is 1480. The summed E-state index contributed by atoms with van der Waals surface area (Å²) in [5.74, 6) is 1.47. The van der Waals surface area contributed by atoms with Gasteiger partial charge in [-0.3, -0.25) is 0 Å². The van der Waals surface area contributed by atoms with Crippen LogP contribution in [-0.4, -0.2) is 27.1 Å². The number of hydrogen-bond acceptors (Lipinski definition) is 3. The van der Waals surface area contributed by atoms with Crippen LogP contribution in [0, 0.1) is 5.41 Å². The molecular formula is C35H40NO3PS. The summed E-state index contributed by atoms with van der Waals surface area (Å²) in [5, 5.41) is 3.65. The minimum atomic E-state index is -1.34. The minimum Gasteiger partial charge on any atom is -0.454 e. The lowest BCUT2D eigenvalue weighted by atomic mass is 9.65. The first-order valence-electron chi connectivity index (χ1n) is 14.0. The van der Waals surface area contributed by atoms with Crippen LogP contribution in [-0.2, 0) is 16.5 Å². The smallest absolute Gasteiger partial charge is 0.231 e. The molecule has 1 heterocycles. The van der Waals surface area contributed by atoms with E-state index in [4.69, 9.17) is 9.47 Å². The molecule has 6 heteroatoms. The fourth-order valence-corrected chi connectivity index (χ4v) is 10.1. The summed E-state index contributed by atoms with van der Waals surface area (Å²) in [4.78, 5) is 0. The van der Waals surface area contributed by atoms with Gasteiger partial charge >= 0.3 is 0 Å². The van der Waals surface area contributed by atoms with E-state index >= 15 is 0 Å². The molecule has 0 aromatic heterocycles. The summed E-state index contributed by atoms with van der Waals surface area (Å²) in [6.07, 6.45) is 0.